The van der Waals surface area contributed by atoms with Crippen LogP contribution in [0.5, 0.6) is 0 Å². The maximum Gasteiger partial charge on any atom is 0.221 e. The number of rotatable bonds is 6. The molecule has 0 radical (unpaired) electrons. The average molecular weight is 273 g/mol. The number of hydrogen-bond donors (Lipinski definition) is 1. The molecule has 5 heteroatoms. The molecule has 0 aliphatic rings. The molecule has 0 bridgehead atoms. The van der Waals surface area contributed by atoms with Crippen molar-refractivity contribution < 1.29 is 4.79 Å². The minimum atomic E-state index is -0.0975. The van der Waals surface area contributed by atoms with Gasteiger partial charge < -0.3 is 5.32 Å². The van der Waals surface area contributed by atoms with Gasteiger partial charge in [-0.15, -0.1) is 11.8 Å². The maximum atomic E-state index is 10.9. The van der Waals surface area contributed by atoms with Crippen LogP contribution in [0.3, 0.4) is 0 Å². The van der Waals surface area contributed by atoms with Gasteiger partial charge in [-0.05, 0) is 30.7 Å². The second kappa shape index (κ2) is 8.18. The van der Waals surface area contributed by atoms with E-state index in [-0.39, 0.29) is 11.8 Å². The number of nitrogens with one attached hydrogen (secondary N) is 1. The van der Waals surface area contributed by atoms with Crippen LogP contribution in [0.1, 0.15) is 19.8 Å². The predicted octanol–water partition coefficient (Wildman–Crippen LogP) is 3.18. The van der Waals surface area contributed by atoms with Crippen molar-refractivity contribution in [3.8, 4) is 12.1 Å². The van der Waals surface area contributed by atoms with Crippen LogP contribution in [-0.4, -0.2) is 11.7 Å². The molecule has 1 rings (SSSR count). The van der Waals surface area contributed by atoms with Gasteiger partial charge in [0.25, 0.3) is 0 Å². The number of carbonyl (C=O) groups excluding carboxylic acids is 1. The first-order valence-corrected chi connectivity index (χ1v) is 6.91. The van der Waals surface area contributed by atoms with E-state index in [2.05, 4.69) is 17.5 Å². The number of carbonyl (C=O) groups is 1. The maximum absolute atomic E-state index is 10.9. The Hall–Kier alpha value is -1.98. The monoisotopic (exact) mass is 273 g/mol. The molecule has 0 aliphatic carbocycles. The van der Waals surface area contributed by atoms with Crippen LogP contribution in [0.2, 0.25) is 0 Å². The van der Waals surface area contributed by atoms with Crippen LogP contribution < -0.4 is 5.32 Å². The first-order chi connectivity index (χ1) is 9.15. The van der Waals surface area contributed by atoms with Gasteiger partial charge in [0, 0.05) is 29.7 Å². The fraction of sp³-hybridized carbons (Fsp3) is 0.357. The molecule has 98 valence electrons. The highest BCUT2D eigenvalue weighted by molar-refractivity contribution is 7.99. The van der Waals surface area contributed by atoms with Crippen LogP contribution >= 0.6 is 11.8 Å². The lowest BCUT2D eigenvalue weighted by atomic mass is 10.1. The summed E-state index contributed by atoms with van der Waals surface area (Å²) >= 11 is 1.59. The molecule has 1 amide bonds. The normalized spacial score (nSPS) is 11.1. The van der Waals surface area contributed by atoms with E-state index < -0.39 is 0 Å². The number of amides is 1. The lowest BCUT2D eigenvalue weighted by Gasteiger charge is -2.07. The molecule has 0 saturated heterocycles. The molecule has 0 spiro atoms. The Labute approximate surface area is 117 Å². The molecule has 0 aromatic heterocycles. The summed E-state index contributed by atoms with van der Waals surface area (Å²) < 4.78 is 0. The number of nitriles is 2. The first kappa shape index (κ1) is 15.1. The molecule has 0 unspecified atom stereocenters. The number of hydrogen-bond acceptors (Lipinski definition) is 4. The summed E-state index contributed by atoms with van der Waals surface area (Å²) in [6.45, 7) is 1.47. The SMILES string of the molecule is CC(=O)Nc1ccc(SC[C@@H](C#N)CCC#N)cc1. The summed E-state index contributed by atoms with van der Waals surface area (Å²) in [7, 11) is 0. The van der Waals surface area contributed by atoms with E-state index >= 15 is 0 Å². The van der Waals surface area contributed by atoms with E-state index in [1.165, 1.54) is 6.92 Å². The van der Waals surface area contributed by atoms with E-state index in [0.29, 0.717) is 18.6 Å². The Bertz CT molecular complexity index is 499. The molecule has 1 aromatic rings. The third-order valence-electron chi connectivity index (χ3n) is 2.41. The molecular weight excluding hydrogens is 258 g/mol. The lowest BCUT2D eigenvalue weighted by molar-refractivity contribution is -0.114. The van der Waals surface area contributed by atoms with Crippen LogP contribution in [0.15, 0.2) is 29.2 Å². The Balaban J connectivity index is 2.47. The van der Waals surface area contributed by atoms with Crippen LogP contribution in [-0.2, 0) is 4.79 Å². The minimum absolute atomic E-state index is 0.0959. The summed E-state index contributed by atoms with van der Waals surface area (Å²) in [5.74, 6) is 0.485. The van der Waals surface area contributed by atoms with Gasteiger partial charge in [-0.2, -0.15) is 10.5 Å². The minimum Gasteiger partial charge on any atom is -0.326 e. The van der Waals surface area contributed by atoms with E-state index in [4.69, 9.17) is 10.5 Å². The van der Waals surface area contributed by atoms with Crippen molar-refractivity contribution in [2.24, 2.45) is 5.92 Å². The van der Waals surface area contributed by atoms with Crippen molar-refractivity contribution >= 4 is 23.4 Å². The molecule has 0 saturated carbocycles. The number of benzene rings is 1. The van der Waals surface area contributed by atoms with Gasteiger partial charge in [-0.25, -0.2) is 0 Å². The molecule has 1 atom stereocenters. The van der Waals surface area contributed by atoms with E-state index in [0.717, 1.165) is 10.6 Å². The Morgan fingerprint density at radius 2 is 2.05 bits per heavy atom. The van der Waals surface area contributed by atoms with Crippen molar-refractivity contribution in [1.29, 1.82) is 10.5 Å². The molecular formula is C14H15N3OS. The van der Waals surface area contributed by atoms with Gasteiger partial charge in [0.15, 0.2) is 0 Å². The molecule has 4 nitrogen and oxygen atoms in total. The van der Waals surface area contributed by atoms with Crippen LogP contribution in [0.25, 0.3) is 0 Å². The summed E-state index contributed by atoms with van der Waals surface area (Å²) in [5, 5.41) is 20.2. The van der Waals surface area contributed by atoms with Gasteiger partial charge in [0.1, 0.15) is 0 Å². The summed E-state index contributed by atoms with van der Waals surface area (Å²) in [5.41, 5.74) is 0.762. The van der Waals surface area contributed by atoms with Crippen molar-refractivity contribution in [2.75, 3.05) is 11.1 Å². The predicted molar refractivity (Wildman–Crippen MR) is 75.4 cm³/mol. The van der Waals surface area contributed by atoms with Crippen molar-refractivity contribution in [1.82, 2.24) is 0 Å². The Morgan fingerprint density at radius 3 is 2.58 bits per heavy atom. The highest BCUT2D eigenvalue weighted by Crippen LogP contribution is 2.24. The fourth-order valence-electron chi connectivity index (χ4n) is 1.46. The topological polar surface area (TPSA) is 76.7 Å². The van der Waals surface area contributed by atoms with E-state index in [9.17, 15) is 4.79 Å². The average Bonchev–Trinajstić information content (AvgIpc) is 2.40. The van der Waals surface area contributed by atoms with Gasteiger partial charge in [-0.1, -0.05) is 0 Å². The Kier molecular flexibility index (Phi) is 6.49. The molecule has 1 aromatic carbocycles. The fourth-order valence-corrected chi connectivity index (χ4v) is 2.42. The summed E-state index contributed by atoms with van der Waals surface area (Å²) in [4.78, 5) is 11.9. The van der Waals surface area contributed by atoms with Crippen LogP contribution in [0, 0.1) is 28.6 Å². The van der Waals surface area contributed by atoms with E-state index in [1.807, 2.05) is 24.3 Å². The standard InChI is InChI=1S/C14H15N3OS/c1-11(18)17-13-4-6-14(7-5-13)19-10-12(9-16)3-2-8-15/h4-7,12H,2-3,10H2,1H3,(H,17,18)/t12-/m1/s1. The molecule has 0 fully saturated rings. The summed E-state index contributed by atoms with van der Waals surface area (Å²) in [6, 6.07) is 11.8. The third kappa shape index (κ3) is 5.94. The van der Waals surface area contributed by atoms with E-state index in [1.54, 1.807) is 11.8 Å². The van der Waals surface area contributed by atoms with Gasteiger partial charge in [0.2, 0.25) is 5.91 Å². The number of thioether (sulfide) groups is 1. The highest BCUT2D eigenvalue weighted by Gasteiger charge is 2.07. The quantitative estimate of drug-likeness (QED) is 0.807. The zero-order chi connectivity index (χ0) is 14.1. The Morgan fingerprint density at radius 1 is 1.37 bits per heavy atom. The van der Waals surface area contributed by atoms with Crippen molar-refractivity contribution in [3.05, 3.63) is 24.3 Å². The molecule has 1 N–H and O–H groups in total. The smallest absolute Gasteiger partial charge is 0.221 e. The first-order valence-electron chi connectivity index (χ1n) is 5.92. The lowest BCUT2D eigenvalue weighted by Crippen LogP contribution is -2.05. The summed E-state index contributed by atoms with van der Waals surface area (Å²) in [6.07, 6.45) is 1.03. The van der Waals surface area contributed by atoms with Gasteiger partial charge in [-0.3, -0.25) is 4.79 Å². The molecule has 0 heterocycles. The van der Waals surface area contributed by atoms with Gasteiger partial charge in [0.05, 0.1) is 18.1 Å². The van der Waals surface area contributed by atoms with Gasteiger partial charge >= 0.3 is 0 Å². The number of anilines is 1. The second-order valence-electron chi connectivity index (χ2n) is 4.04. The molecule has 19 heavy (non-hydrogen) atoms. The van der Waals surface area contributed by atoms with Crippen molar-refractivity contribution in [2.45, 2.75) is 24.7 Å². The zero-order valence-electron chi connectivity index (χ0n) is 10.7. The number of nitrogens with zero attached hydrogens (tertiary/aromatic N) is 2. The molecule has 0 aliphatic heterocycles. The largest absolute Gasteiger partial charge is 0.326 e. The third-order valence-corrected chi connectivity index (χ3v) is 3.59. The zero-order valence-corrected chi connectivity index (χ0v) is 11.5. The highest BCUT2D eigenvalue weighted by atomic mass is 32.2. The second-order valence-corrected chi connectivity index (χ2v) is 5.13. The van der Waals surface area contributed by atoms with Crippen molar-refractivity contribution in [3.63, 3.8) is 0 Å². The van der Waals surface area contributed by atoms with Crippen LogP contribution in [0.4, 0.5) is 5.69 Å².